The summed E-state index contributed by atoms with van der Waals surface area (Å²) in [6, 6.07) is 17.5. The van der Waals surface area contributed by atoms with Gasteiger partial charge in [-0.05, 0) is 79.9 Å². The van der Waals surface area contributed by atoms with Crippen molar-refractivity contribution in [3.05, 3.63) is 113 Å². The van der Waals surface area contributed by atoms with Crippen LogP contribution in [0.2, 0.25) is 5.02 Å². The van der Waals surface area contributed by atoms with Crippen LogP contribution < -0.4 is 33.8 Å². The summed E-state index contributed by atoms with van der Waals surface area (Å²) in [5, 5.41) is 0.547. The van der Waals surface area contributed by atoms with E-state index in [1.165, 1.54) is 11.3 Å². The molecular weight excluding hydrogens is 604 g/mol. The molecule has 0 saturated carbocycles. The zero-order valence-electron chi connectivity index (χ0n) is 24.5. The molecule has 0 amide bonds. The van der Waals surface area contributed by atoms with E-state index in [1.807, 2.05) is 24.3 Å². The third kappa shape index (κ3) is 5.82. The van der Waals surface area contributed by atoms with Gasteiger partial charge in [-0.3, -0.25) is 9.36 Å². The van der Waals surface area contributed by atoms with Crippen LogP contribution in [0.15, 0.2) is 81.7 Å². The van der Waals surface area contributed by atoms with Gasteiger partial charge in [0.1, 0.15) is 6.61 Å². The van der Waals surface area contributed by atoms with Crippen LogP contribution in [0.5, 0.6) is 23.0 Å². The second-order valence-corrected chi connectivity index (χ2v) is 11.9. The highest BCUT2D eigenvalue weighted by molar-refractivity contribution is 7.07. The zero-order chi connectivity index (χ0) is 31.0. The van der Waals surface area contributed by atoms with Crippen molar-refractivity contribution in [2.24, 2.45) is 4.99 Å². The lowest BCUT2D eigenvalue weighted by atomic mass is 9.96. The maximum absolute atomic E-state index is 13.9. The van der Waals surface area contributed by atoms with Crippen LogP contribution in [0.3, 0.4) is 0 Å². The zero-order valence-corrected chi connectivity index (χ0v) is 26.0. The smallest absolute Gasteiger partial charge is 0.338 e. The van der Waals surface area contributed by atoms with Crippen molar-refractivity contribution < 1.29 is 28.5 Å². The predicted molar refractivity (Wildman–Crippen MR) is 166 cm³/mol. The third-order valence-corrected chi connectivity index (χ3v) is 8.32. The Kier molecular flexibility index (Phi) is 8.20. The summed E-state index contributed by atoms with van der Waals surface area (Å²) in [6.45, 7) is 5.82. The van der Waals surface area contributed by atoms with E-state index in [4.69, 9.17) is 35.3 Å². The van der Waals surface area contributed by atoms with Crippen LogP contribution in [0.4, 0.5) is 0 Å². The molecule has 6 rings (SSSR count). The monoisotopic (exact) mass is 632 g/mol. The van der Waals surface area contributed by atoms with Gasteiger partial charge in [-0.1, -0.05) is 47.2 Å². The first-order valence-corrected chi connectivity index (χ1v) is 15.1. The van der Waals surface area contributed by atoms with Gasteiger partial charge in [0.05, 0.1) is 35.1 Å². The molecular formula is C33H29ClN2O7S. The second-order valence-electron chi connectivity index (χ2n) is 10.5. The molecule has 11 heteroatoms. The Morgan fingerprint density at radius 2 is 1.86 bits per heavy atom. The van der Waals surface area contributed by atoms with Crippen LogP contribution in [0, 0.1) is 0 Å². The first-order valence-electron chi connectivity index (χ1n) is 13.9. The average Bonchev–Trinajstić information content (AvgIpc) is 3.59. The number of methoxy groups -OCH3 is 1. The molecule has 0 N–H and O–H groups in total. The summed E-state index contributed by atoms with van der Waals surface area (Å²) < 4.78 is 30.0. The van der Waals surface area contributed by atoms with Crippen LogP contribution >= 0.6 is 22.9 Å². The number of carbonyl (C=O) groups is 1. The molecule has 4 aromatic rings. The van der Waals surface area contributed by atoms with Crippen molar-refractivity contribution in [2.75, 3.05) is 13.9 Å². The number of halogens is 1. The number of hydrogen-bond donors (Lipinski definition) is 0. The molecule has 2 aliphatic rings. The van der Waals surface area contributed by atoms with Crippen LogP contribution in [-0.4, -0.2) is 30.5 Å². The molecule has 0 aliphatic carbocycles. The number of hydrogen-bond acceptors (Lipinski definition) is 9. The average molecular weight is 633 g/mol. The van der Waals surface area contributed by atoms with Crippen molar-refractivity contribution in [1.29, 1.82) is 0 Å². The quantitative estimate of drug-likeness (QED) is 0.248. The second kappa shape index (κ2) is 12.2. The molecule has 226 valence electrons. The fraction of sp³-hybridized carbons (Fsp3) is 0.242. The standard InChI is InChI=1S/C33H29ClN2O7S/c1-18(2)43-32(38)29-19(3)35-33-36(30(29)22-7-9-23(34)10-8-22)31(37)28(44-33)15-20-5-11-24(26(13-20)39-4)40-16-21-6-12-25-27(14-21)42-17-41-25/h5-15,18,30H,16-17H2,1-4H3/t30-/m0/s1. The van der Waals surface area contributed by atoms with Gasteiger partial charge in [-0.25, -0.2) is 9.79 Å². The maximum atomic E-state index is 13.9. The molecule has 1 aromatic heterocycles. The summed E-state index contributed by atoms with van der Waals surface area (Å²) in [6.07, 6.45) is 1.44. The number of carbonyl (C=O) groups excluding carboxylic acids is 1. The minimum atomic E-state index is -0.724. The number of fused-ring (bicyclic) bond motifs is 2. The Hall–Kier alpha value is -4.54. The van der Waals surface area contributed by atoms with E-state index >= 15 is 0 Å². The van der Waals surface area contributed by atoms with Crippen molar-refractivity contribution in [1.82, 2.24) is 4.57 Å². The normalized spacial score (nSPS) is 15.7. The Labute approximate surface area is 262 Å². The fourth-order valence-corrected chi connectivity index (χ4v) is 6.23. The van der Waals surface area contributed by atoms with Crippen molar-refractivity contribution in [2.45, 2.75) is 39.5 Å². The molecule has 3 aromatic carbocycles. The van der Waals surface area contributed by atoms with Crippen LogP contribution in [0.25, 0.3) is 6.08 Å². The van der Waals surface area contributed by atoms with Crippen molar-refractivity contribution >= 4 is 35.0 Å². The van der Waals surface area contributed by atoms with Gasteiger partial charge in [0.25, 0.3) is 5.56 Å². The lowest BCUT2D eigenvalue weighted by Crippen LogP contribution is -2.40. The summed E-state index contributed by atoms with van der Waals surface area (Å²) in [5.74, 6) is 1.95. The van der Waals surface area contributed by atoms with E-state index < -0.39 is 12.0 Å². The predicted octanol–water partition coefficient (Wildman–Crippen LogP) is 5.16. The molecule has 0 spiro atoms. The number of benzene rings is 3. The van der Waals surface area contributed by atoms with Gasteiger partial charge in [-0.15, -0.1) is 0 Å². The van der Waals surface area contributed by atoms with E-state index in [0.717, 1.165) is 16.7 Å². The van der Waals surface area contributed by atoms with Crippen molar-refractivity contribution in [3.8, 4) is 23.0 Å². The minimum Gasteiger partial charge on any atom is -0.493 e. The number of aromatic nitrogens is 1. The van der Waals surface area contributed by atoms with E-state index in [9.17, 15) is 9.59 Å². The highest BCUT2D eigenvalue weighted by Crippen LogP contribution is 2.34. The Bertz CT molecular complexity index is 1960. The number of thiazole rings is 1. The molecule has 0 bridgehead atoms. The Morgan fingerprint density at radius 1 is 1.09 bits per heavy atom. The molecule has 44 heavy (non-hydrogen) atoms. The largest absolute Gasteiger partial charge is 0.493 e. The number of nitrogens with zero attached hydrogens (tertiary/aromatic N) is 2. The van der Waals surface area contributed by atoms with Crippen LogP contribution in [-0.2, 0) is 16.1 Å². The minimum absolute atomic E-state index is 0.208. The first-order chi connectivity index (χ1) is 21.2. The van der Waals surface area contributed by atoms with E-state index in [0.29, 0.717) is 55.2 Å². The Balaban J connectivity index is 1.34. The molecule has 9 nitrogen and oxygen atoms in total. The molecule has 1 atom stereocenters. The van der Waals surface area contributed by atoms with Gasteiger partial charge >= 0.3 is 5.97 Å². The lowest BCUT2D eigenvalue weighted by molar-refractivity contribution is -0.143. The van der Waals surface area contributed by atoms with Gasteiger partial charge in [0.15, 0.2) is 27.8 Å². The van der Waals surface area contributed by atoms with Gasteiger partial charge < -0.3 is 23.7 Å². The first kappa shape index (κ1) is 29.5. The van der Waals surface area contributed by atoms with Crippen LogP contribution in [0.1, 0.15) is 43.5 Å². The third-order valence-electron chi connectivity index (χ3n) is 7.09. The summed E-state index contributed by atoms with van der Waals surface area (Å²) in [7, 11) is 1.56. The van der Waals surface area contributed by atoms with Crippen molar-refractivity contribution in [3.63, 3.8) is 0 Å². The van der Waals surface area contributed by atoms with Gasteiger partial charge in [0.2, 0.25) is 6.79 Å². The van der Waals surface area contributed by atoms with Gasteiger partial charge in [0, 0.05) is 5.02 Å². The highest BCUT2D eigenvalue weighted by Gasteiger charge is 2.33. The molecule has 0 radical (unpaired) electrons. The fourth-order valence-electron chi connectivity index (χ4n) is 5.06. The summed E-state index contributed by atoms with van der Waals surface area (Å²) in [4.78, 5) is 32.3. The lowest BCUT2D eigenvalue weighted by Gasteiger charge is -2.25. The van der Waals surface area contributed by atoms with E-state index in [-0.39, 0.29) is 18.5 Å². The molecule has 0 unspecified atom stereocenters. The number of ether oxygens (including phenoxy) is 5. The maximum Gasteiger partial charge on any atom is 0.338 e. The molecule has 0 fully saturated rings. The SMILES string of the molecule is COc1cc(C=c2sc3n(c2=O)[C@@H](c2ccc(Cl)cc2)C(C(=O)OC(C)C)=C(C)N=3)ccc1OCc1ccc2c(c1)OCO2. The van der Waals surface area contributed by atoms with E-state index in [1.54, 1.807) is 74.9 Å². The van der Waals surface area contributed by atoms with E-state index in [2.05, 4.69) is 4.99 Å². The molecule has 2 aliphatic heterocycles. The molecule has 3 heterocycles. The molecule has 0 saturated heterocycles. The van der Waals surface area contributed by atoms with Gasteiger partial charge in [-0.2, -0.15) is 0 Å². The highest BCUT2D eigenvalue weighted by atomic mass is 35.5. The topological polar surface area (TPSA) is 97.6 Å². The number of allylic oxidation sites excluding steroid dienone is 1. The number of esters is 1. The summed E-state index contributed by atoms with van der Waals surface area (Å²) in [5.41, 5.74) is 2.90. The Morgan fingerprint density at radius 3 is 2.61 bits per heavy atom. The summed E-state index contributed by atoms with van der Waals surface area (Å²) >= 11 is 7.40. The number of rotatable bonds is 8.